The SMILES string of the molecule is CCCCC1=[C-]CC=C1.CCCCC1=[C-]CC=C1.C[Si](C)(C)C(=O)[NH][InH][NH]C(=O)[Si](C)(C)C.Cl.Cl.[Zr+2]. The van der Waals surface area contributed by atoms with Gasteiger partial charge in [0.15, 0.2) is 0 Å². The van der Waals surface area contributed by atoms with Gasteiger partial charge in [0.1, 0.15) is 0 Å². The number of amides is 2. The average molecular weight is 755 g/mol. The normalized spacial score (nSPS) is 13.1. The largest absolute Gasteiger partial charge is 2.00 e. The maximum Gasteiger partial charge on any atom is 2.00 e. The minimum absolute atomic E-state index is 0. The number of nitrogens with one attached hydrogen (secondary N) is 2. The van der Waals surface area contributed by atoms with Crippen LogP contribution in [-0.4, -0.2) is 50.7 Å². The minimum atomic E-state index is -1.72. The molecule has 36 heavy (non-hydrogen) atoms. The number of carbonyl (C=O) groups is 2. The summed E-state index contributed by atoms with van der Waals surface area (Å²) in [7, 11) is -3.43. The van der Waals surface area contributed by atoms with Gasteiger partial charge in [0.05, 0.1) is 0 Å². The molecule has 2 aliphatic carbocycles. The van der Waals surface area contributed by atoms with Crippen molar-refractivity contribution in [1.82, 2.24) is 6.61 Å². The number of hydrogen-bond donors (Lipinski definition) is 2. The second-order valence-corrected chi connectivity index (χ2v) is 23.4. The molecule has 2 aliphatic rings. The van der Waals surface area contributed by atoms with Crippen LogP contribution in [0.4, 0.5) is 9.59 Å². The van der Waals surface area contributed by atoms with E-state index in [1.165, 1.54) is 49.7 Å². The third kappa shape index (κ3) is 23.8. The van der Waals surface area contributed by atoms with Crippen molar-refractivity contribution in [2.24, 2.45) is 0 Å². The van der Waals surface area contributed by atoms with Gasteiger partial charge in [-0.15, -0.1) is 37.7 Å². The van der Waals surface area contributed by atoms with Crippen molar-refractivity contribution < 1.29 is 35.8 Å². The monoisotopic (exact) mass is 752 g/mol. The molecule has 0 fully saturated rings. The molecular formula is C26H49Cl2InN2O2Si2Zr. The maximum atomic E-state index is 11.6. The first-order valence-electron chi connectivity index (χ1n) is 12.5. The molecule has 0 aromatic rings. The van der Waals surface area contributed by atoms with Gasteiger partial charge in [-0.05, 0) is 0 Å². The zero-order valence-electron chi connectivity index (χ0n) is 23.8. The fraction of sp³-hybridized carbons (Fsp3) is 0.615. The van der Waals surface area contributed by atoms with E-state index in [1.807, 2.05) is 39.3 Å². The summed E-state index contributed by atoms with van der Waals surface area (Å²) < 4.78 is 5.90. The van der Waals surface area contributed by atoms with Crippen LogP contribution >= 0.6 is 24.8 Å². The Bertz CT molecular complexity index is 672. The molecule has 0 bridgehead atoms. The average Bonchev–Trinajstić information content (AvgIpc) is 3.44. The summed E-state index contributed by atoms with van der Waals surface area (Å²) in [6, 6.07) is 0. The van der Waals surface area contributed by atoms with Gasteiger partial charge in [0, 0.05) is 0 Å². The van der Waals surface area contributed by atoms with Crippen LogP contribution < -0.4 is 6.61 Å². The molecule has 2 amide bonds. The summed E-state index contributed by atoms with van der Waals surface area (Å²) in [5.41, 5.74) is 3.18. The first kappa shape index (κ1) is 43.7. The van der Waals surface area contributed by atoms with Gasteiger partial charge < -0.3 is 0 Å². The van der Waals surface area contributed by atoms with Crippen molar-refractivity contribution in [2.75, 3.05) is 0 Å². The van der Waals surface area contributed by atoms with E-state index in [1.54, 1.807) is 0 Å². The van der Waals surface area contributed by atoms with E-state index in [-0.39, 0.29) is 62.1 Å². The van der Waals surface area contributed by atoms with Gasteiger partial charge in [0.25, 0.3) is 0 Å². The molecule has 0 saturated carbocycles. The van der Waals surface area contributed by atoms with E-state index in [4.69, 9.17) is 0 Å². The van der Waals surface area contributed by atoms with E-state index in [0.717, 1.165) is 12.8 Å². The Kier molecular flexibility index (Phi) is 30.0. The molecule has 0 heterocycles. The molecule has 2 N–H and O–H groups in total. The first-order chi connectivity index (χ1) is 15.4. The molecule has 0 atom stereocenters. The molecule has 0 aromatic carbocycles. The summed E-state index contributed by atoms with van der Waals surface area (Å²) >= 11 is -1.60. The van der Waals surface area contributed by atoms with Crippen LogP contribution in [0.2, 0.25) is 39.3 Å². The van der Waals surface area contributed by atoms with Crippen LogP contribution in [0.25, 0.3) is 0 Å². The molecule has 0 aliphatic heterocycles. The quantitative estimate of drug-likeness (QED) is 0.175. The van der Waals surface area contributed by atoms with Crippen LogP contribution in [-0.2, 0) is 26.2 Å². The smallest absolute Gasteiger partial charge is 0.147 e. The third-order valence-corrected chi connectivity index (χ3v) is 12.9. The number of carbonyl (C=O) groups excluding carboxylic acids is 2. The van der Waals surface area contributed by atoms with Gasteiger partial charge in [-0.25, -0.2) is 23.3 Å². The third-order valence-electron chi connectivity index (χ3n) is 4.99. The number of halogens is 2. The number of hydrogen-bond acceptors (Lipinski definition) is 2. The van der Waals surface area contributed by atoms with E-state index in [0.29, 0.717) is 0 Å². The Morgan fingerprint density at radius 3 is 1.33 bits per heavy atom. The van der Waals surface area contributed by atoms with Crippen LogP contribution in [0.5, 0.6) is 0 Å². The zero-order valence-corrected chi connectivity index (χ0v) is 33.9. The zero-order chi connectivity index (χ0) is 25.3. The van der Waals surface area contributed by atoms with E-state index >= 15 is 0 Å². The van der Waals surface area contributed by atoms with Crippen molar-refractivity contribution in [1.29, 1.82) is 0 Å². The van der Waals surface area contributed by atoms with Crippen molar-refractivity contribution >= 4 is 75.5 Å². The van der Waals surface area contributed by atoms with Crippen molar-refractivity contribution in [3.05, 3.63) is 47.6 Å². The van der Waals surface area contributed by atoms with Gasteiger partial charge in [0.2, 0.25) is 0 Å². The Morgan fingerprint density at radius 1 is 0.778 bits per heavy atom. The number of unbranched alkanes of at least 4 members (excludes halogenated alkanes) is 2. The van der Waals surface area contributed by atoms with E-state index in [2.05, 4.69) is 56.9 Å². The predicted molar refractivity (Wildman–Crippen MR) is 165 cm³/mol. The Hall–Kier alpha value is 0.667. The summed E-state index contributed by atoms with van der Waals surface area (Å²) in [6.07, 6.45) is 25.1. The van der Waals surface area contributed by atoms with Crippen LogP contribution in [0, 0.1) is 12.2 Å². The number of allylic oxidation sites excluding steroid dienone is 8. The fourth-order valence-electron chi connectivity index (χ4n) is 2.71. The van der Waals surface area contributed by atoms with E-state index < -0.39 is 39.6 Å². The van der Waals surface area contributed by atoms with Crippen LogP contribution in [0.1, 0.15) is 65.2 Å². The molecule has 4 nitrogen and oxygen atoms in total. The second kappa shape index (κ2) is 24.7. The van der Waals surface area contributed by atoms with Crippen molar-refractivity contribution in [3.8, 4) is 0 Å². The van der Waals surface area contributed by atoms with Crippen molar-refractivity contribution in [3.63, 3.8) is 0 Å². The number of rotatable bonds is 10. The summed E-state index contributed by atoms with van der Waals surface area (Å²) in [5.74, 6) is 0. The standard InChI is InChI=1S/2C9H13.2C4H11NOSi.2ClH.In.Zr.H/c2*1-2-3-6-9-7-4-5-8-9;2*1-7(2,3)4(5)6;;;;;/h2*4,7H,2-3,5-6H2,1H3;2*1-3H3,(H2,5,6);2*1H;;;/q2*-1;;;;;2*+2;/p-2. The molecule has 2 rings (SSSR count). The first-order valence-corrected chi connectivity index (χ1v) is 23.5. The Labute approximate surface area is 267 Å². The van der Waals surface area contributed by atoms with Gasteiger partial charge >= 0.3 is 132 Å². The van der Waals surface area contributed by atoms with Crippen LogP contribution in [0.3, 0.4) is 0 Å². The van der Waals surface area contributed by atoms with Gasteiger partial charge in [-0.3, -0.25) is 12.2 Å². The molecule has 204 valence electrons. The molecule has 0 aromatic heterocycles. The van der Waals surface area contributed by atoms with Crippen LogP contribution in [0.15, 0.2) is 35.5 Å². The molecule has 0 radical (unpaired) electrons. The summed E-state index contributed by atoms with van der Waals surface area (Å²) in [6.45, 7) is 16.5. The summed E-state index contributed by atoms with van der Waals surface area (Å²) in [5, 5.41) is 0. The molecule has 0 saturated heterocycles. The molecule has 0 spiro atoms. The molecule has 0 unspecified atom stereocenters. The fourth-order valence-corrected chi connectivity index (χ4v) is 15.2. The Morgan fingerprint density at radius 2 is 1.11 bits per heavy atom. The topological polar surface area (TPSA) is 58.2 Å². The van der Waals surface area contributed by atoms with Crippen molar-refractivity contribution in [2.45, 2.75) is 104 Å². The maximum absolute atomic E-state index is 11.6. The molecule has 10 heteroatoms. The summed E-state index contributed by atoms with van der Waals surface area (Å²) in [4.78, 5) is 23.1. The predicted octanol–water partition coefficient (Wildman–Crippen LogP) is 8.09. The Balaban J connectivity index is -0.000000213. The van der Waals surface area contributed by atoms with Gasteiger partial charge in [-0.2, -0.15) is 12.2 Å². The minimum Gasteiger partial charge on any atom is -0.147 e. The van der Waals surface area contributed by atoms with Gasteiger partial charge in [-0.1, -0.05) is 52.4 Å². The van der Waals surface area contributed by atoms with E-state index in [9.17, 15) is 9.59 Å². The molecular weight excluding hydrogens is 705 g/mol. The second-order valence-electron chi connectivity index (χ2n) is 10.5.